The Hall–Kier alpha value is -7.30. The summed E-state index contributed by atoms with van der Waals surface area (Å²) in [5.74, 6) is 1.09. The smallest absolute Gasteiger partial charge is 0.142 e. The van der Waals surface area contributed by atoms with Crippen molar-refractivity contribution in [2.75, 3.05) is 4.90 Å². The summed E-state index contributed by atoms with van der Waals surface area (Å²) in [7, 11) is 0. The van der Waals surface area contributed by atoms with Crippen molar-refractivity contribution in [3.63, 3.8) is 0 Å². The van der Waals surface area contributed by atoms with E-state index in [-0.39, 0.29) is 5.92 Å². The average Bonchev–Trinajstić information content (AvgIpc) is 3.93. The molecule has 12 rings (SSSR count). The van der Waals surface area contributed by atoms with Crippen LogP contribution in [0.2, 0.25) is 0 Å². The van der Waals surface area contributed by atoms with Crippen LogP contribution in [0.5, 0.6) is 0 Å². The second-order valence-electron chi connectivity index (χ2n) is 14.8. The number of nitrogens with zero attached hydrogens (tertiary/aromatic N) is 2. The summed E-state index contributed by atoms with van der Waals surface area (Å²) in [5, 5.41) is 8.24. The van der Waals surface area contributed by atoms with Gasteiger partial charge < -0.3 is 18.3 Å². The van der Waals surface area contributed by atoms with Crippen molar-refractivity contribution >= 4 is 88.6 Å². The van der Waals surface area contributed by atoms with Crippen LogP contribution in [0.25, 0.3) is 77.2 Å². The SMILES string of the molecule is C1=CC(c2ccccc2N(c2cccc(-n3c4ccccc4c4ccccc43)c2)c2ccc3oc4ccccc4c3c2)Cc2c1oc1c2ccc2ccccc21. The lowest BCUT2D eigenvalue weighted by Gasteiger charge is -2.30. The van der Waals surface area contributed by atoms with Gasteiger partial charge in [-0.05, 0) is 84.1 Å². The summed E-state index contributed by atoms with van der Waals surface area (Å²) in [5.41, 5.74) is 12.0. The van der Waals surface area contributed by atoms with Gasteiger partial charge in [-0.3, -0.25) is 0 Å². The van der Waals surface area contributed by atoms with E-state index in [1.54, 1.807) is 0 Å². The highest BCUT2D eigenvalue weighted by molar-refractivity contribution is 6.10. The van der Waals surface area contributed by atoms with Crippen molar-refractivity contribution in [3.05, 3.63) is 199 Å². The molecular weight excluding hydrogens is 685 g/mol. The molecule has 0 amide bonds. The van der Waals surface area contributed by atoms with Crippen molar-refractivity contribution in [1.29, 1.82) is 0 Å². The monoisotopic (exact) mass is 718 g/mol. The third kappa shape index (κ3) is 4.66. The normalized spacial score (nSPS) is 14.1. The number of aromatic nitrogens is 1. The lowest BCUT2D eigenvalue weighted by molar-refractivity contribution is 0.594. The van der Waals surface area contributed by atoms with Crippen molar-refractivity contribution in [2.45, 2.75) is 12.3 Å². The molecule has 1 aliphatic rings. The molecule has 0 fully saturated rings. The maximum Gasteiger partial charge on any atom is 0.142 e. The molecular formula is C52H34N2O2. The van der Waals surface area contributed by atoms with Crippen LogP contribution in [-0.4, -0.2) is 4.57 Å². The minimum Gasteiger partial charge on any atom is -0.456 e. The fraction of sp³-hybridized carbons (Fsp3) is 0.0385. The number of hydrogen-bond donors (Lipinski definition) is 0. The lowest BCUT2D eigenvalue weighted by Crippen LogP contribution is -2.15. The number of rotatable bonds is 5. The standard InChI is InChI=1S/C52H34N2O2/c1-2-16-39-33(12-1)24-27-43-44-30-34(25-28-51(44)56-52(39)43)38-15-3-7-20-46(38)53(37-26-29-50-45(32-37)42-19-6-10-23-49(42)55-50)35-13-11-14-36(31-35)54-47-21-8-4-17-40(47)41-18-5-9-22-48(41)54/h1-29,31-32,34H,30H2. The minimum atomic E-state index is 0.132. The summed E-state index contributed by atoms with van der Waals surface area (Å²) in [6.45, 7) is 0. The fourth-order valence-electron chi connectivity index (χ4n) is 9.20. The molecule has 11 aromatic rings. The predicted octanol–water partition coefficient (Wildman–Crippen LogP) is 14.4. The molecule has 0 N–H and O–H groups in total. The topological polar surface area (TPSA) is 34.5 Å². The molecule has 0 spiro atoms. The van der Waals surface area contributed by atoms with Crippen LogP contribution in [-0.2, 0) is 6.42 Å². The number of para-hydroxylation sites is 4. The molecule has 0 aliphatic heterocycles. The number of furan rings is 2. The van der Waals surface area contributed by atoms with Crippen LogP contribution in [0, 0.1) is 0 Å². The molecule has 0 radical (unpaired) electrons. The molecule has 0 saturated carbocycles. The third-order valence-electron chi connectivity index (χ3n) is 11.7. The van der Waals surface area contributed by atoms with Gasteiger partial charge in [0, 0.05) is 66.5 Å². The number of hydrogen-bond acceptors (Lipinski definition) is 3. The molecule has 8 aromatic carbocycles. The van der Waals surface area contributed by atoms with E-state index in [0.717, 1.165) is 67.8 Å². The van der Waals surface area contributed by atoms with Crippen molar-refractivity contribution in [1.82, 2.24) is 4.57 Å². The molecule has 3 aromatic heterocycles. The van der Waals surface area contributed by atoms with Crippen LogP contribution in [0.1, 0.15) is 22.8 Å². The Labute approximate surface area is 322 Å². The zero-order chi connectivity index (χ0) is 36.7. The van der Waals surface area contributed by atoms with E-state index in [4.69, 9.17) is 8.83 Å². The maximum absolute atomic E-state index is 6.57. The van der Waals surface area contributed by atoms with Crippen LogP contribution in [0.4, 0.5) is 17.1 Å². The first-order chi connectivity index (χ1) is 27.8. The summed E-state index contributed by atoms with van der Waals surface area (Å²) in [6, 6.07) is 63.1. The second kappa shape index (κ2) is 12.1. The van der Waals surface area contributed by atoms with Gasteiger partial charge >= 0.3 is 0 Å². The van der Waals surface area contributed by atoms with E-state index in [1.165, 1.54) is 43.7 Å². The number of fused-ring (bicyclic) bond motifs is 11. The van der Waals surface area contributed by atoms with Gasteiger partial charge in [0.2, 0.25) is 0 Å². The molecule has 3 heterocycles. The van der Waals surface area contributed by atoms with Crippen molar-refractivity contribution in [3.8, 4) is 5.69 Å². The van der Waals surface area contributed by atoms with E-state index < -0.39 is 0 Å². The Morgan fingerprint density at radius 1 is 0.500 bits per heavy atom. The molecule has 4 heteroatoms. The summed E-state index contributed by atoms with van der Waals surface area (Å²) >= 11 is 0. The predicted molar refractivity (Wildman–Crippen MR) is 232 cm³/mol. The van der Waals surface area contributed by atoms with Gasteiger partial charge in [-0.2, -0.15) is 0 Å². The largest absolute Gasteiger partial charge is 0.456 e. The zero-order valence-corrected chi connectivity index (χ0v) is 30.4. The molecule has 1 atom stereocenters. The highest BCUT2D eigenvalue weighted by Gasteiger charge is 2.27. The Balaban J connectivity index is 1.05. The first kappa shape index (κ1) is 31.1. The van der Waals surface area contributed by atoms with Gasteiger partial charge in [-0.25, -0.2) is 0 Å². The Bertz CT molecular complexity index is 3320. The number of anilines is 3. The summed E-state index contributed by atoms with van der Waals surface area (Å²) < 4.78 is 15.3. The highest BCUT2D eigenvalue weighted by Crippen LogP contribution is 2.46. The second-order valence-corrected chi connectivity index (χ2v) is 14.8. The first-order valence-electron chi connectivity index (χ1n) is 19.3. The summed E-state index contributed by atoms with van der Waals surface area (Å²) in [6.07, 6.45) is 5.35. The molecule has 264 valence electrons. The van der Waals surface area contributed by atoms with E-state index in [1.807, 2.05) is 12.1 Å². The van der Waals surface area contributed by atoms with Crippen LogP contribution in [0.3, 0.4) is 0 Å². The third-order valence-corrected chi connectivity index (χ3v) is 11.7. The quantitative estimate of drug-likeness (QED) is 0.178. The van der Waals surface area contributed by atoms with Gasteiger partial charge in [-0.15, -0.1) is 0 Å². The number of benzene rings is 8. The highest BCUT2D eigenvalue weighted by atomic mass is 16.3. The molecule has 0 bridgehead atoms. The molecule has 0 saturated heterocycles. The molecule has 1 unspecified atom stereocenters. The van der Waals surface area contributed by atoms with Crippen molar-refractivity contribution < 1.29 is 8.83 Å². The van der Waals surface area contributed by atoms with Crippen molar-refractivity contribution in [2.24, 2.45) is 0 Å². The van der Waals surface area contributed by atoms with E-state index in [9.17, 15) is 0 Å². The van der Waals surface area contributed by atoms with Gasteiger partial charge in [0.1, 0.15) is 22.5 Å². The van der Waals surface area contributed by atoms with E-state index in [2.05, 4.69) is 185 Å². The van der Waals surface area contributed by atoms with Gasteiger partial charge in [0.25, 0.3) is 0 Å². The Kier molecular flexibility index (Phi) is 6.72. The first-order valence-corrected chi connectivity index (χ1v) is 19.3. The molecule has 1 aliphatic carbocycles. The summed E-state index contributed by atoms with van der Waals surface area (Å²) in [4.78, 5) is 2.43. The van der Waals surface area contributed by atoms with Gasteiger partial charge in [0.15, 0.2) is 0 Å². The lowest BCUT2D eigenvalue weighted by atomic mass is 9.85. The Morgan fingerprint density at radius 2 is 1.20 bits per heavy atom. The van der Waals surface area contributed by atoms with E-state index >= 15 is 0 Å². The molecule has 56 heavy (non-hydrogen) atoms. The number of allylic oxidation sites excluding steroid dienone is 1. The van der Waals surface area contributed by atoms with Crippen LogP contribution in [0.15, 0.2) is 191 Å². The maximum atomic E-state index is 6.57. The average molecular weight is 719 g/mol. The van der Waals surface area contributed by atoms with Gasteiger partial charge in [0.05, 0.1) is 11.0 Å². The zero-order valence-electron chi connectivity index (χ0n) is 30.4. The van der Waals surface area contributed by atoms with Crippen LogP contribution >= 0.6 is 0 Å². The molecule has 4 nitrogen and oxygen atoms in total. The van der Waals surface area contributed by atoms with Crippen LogP contribution < -0.4 is 4.90 Å². The minimum absolute atomic E-state index is 0.132. The fourth-order valence-corrected chi connectivity index (χ4v) is 9.20. The van der Waals surface area contributed by atoms with E-state index in [0.29, 0.717) is 0 Å². The Morgan fingerprint density at radius 3 is 2.05 bits per heavy atom. The van der Waals surface area contributed by atoms with Gasteiger partial charge in [-0.1, -0.05) is 121 Å².